The summed E-state index contributed by atoms with van der Waals surface area (Å²) in [7, 11) is 7.69. The highest BCUT2D eigenvalue weighted by Gasteiger charge is 2.15. The van der Waals surface area contributed by atoms with Crippen molar-refractivity contribution in [2.24, 2.45) is 0 Å². The first-order chi connectivity index (χ1) is 12.3. The van der Waals surface area contributed by atoms with Gasteiger partial charge in [-0.05, 0) is 51.5 Å². The second kappa shape index (κ2) is 10.9. The highest BCUT2D eigenvalue weighted by Crippen LogP contribution is 2.09. The molecule has 0 fully saturated rings. The van der Waals surface area contributed by atoms with Gasteiger partial charge in [-0.15, -0.1) is 0 Å². The summed E-state index contributed by atoms with van der Waals surface area (Å²) in [6, 6.07) is 6.95. The normalized spacial score (nSPS) is 11.1. The number of benzene rings is 1. The zero-order chi connectivity index (χ0) is 19.7. The maximum Gasteiger partial charge on any atom is 0.253 e. The Labute approximate surface area is 158 Å². The van der Waals surface area contributed by atoms with Crippen molar-refractivity contribution in [3.63, 3.8) is 0 Å². The topological polar surface area (TPSA) is 47.1 Å². The molecule has 0 radical (unpaired) electrons. The van der Waals surface area contributed by atoms with E-state index < -0.39 is 0 Å². The summed E-state index contributed by atoms with van der Waals surface area (Å²) in [6.45, 7) is 9.14. The zero-order valence-corrected chi connectivity index (χ0v) is 17.2. The lowest BCUT2D eigenvalue weighted by Crippen LogP contribution is -2.35. The van der Waals surface area contributed by atoms with E-state index in [1.807, 2.05) is 28.2 Å². The van der Waals surface area contributed by atoms with Gasteiger partial charge < -0.3 is 19.6 Å². The summed E-state index contributed by atoms with van der Waals surface area (Å²) in [5.41, 5.74) is 1.22. The van der Waals surface area contributed by atoms with Crippen molar-refractivity contribution in [3.05, 3.63) is 35.4 Å². The van der Waals surface area contributed by atoms with Gasteiger partial charge in [-0.2, -0.15) is 0 Å². The first kappa shape index (κ1) is 22.1. The van der Waals surface area contributed by atoms with Crippen LogP contribution >= 0.6 is 0 Å². The number of carbonyl (C=O) groups is 2. The highest BCUT2D eigenvalue weighted by atomic mass is 16.2. The Morgan fingerprint density at radius 2 is 0.962 bits per heavy atom. The highest BCUT2D eigenvalue weighted by molar-refractivity contribution is 5.97. The summed E-state index contributed by atoms with van der Waals surface area (Å²) in [5.74, 6) is -0.0437. The first-order valence-corrected chi connectivity index (χ1v) is 9.28. The van der Waals surface area contributed by atoms with Crippen LogP contribution in [0.3, 0.4) is 0 Å². The average molecular weight is 363 g/mol. The molecule has 0 aromatic heterocycles. The van der Waals surface area contributed by atoms with E-state index >= 15 is 0 Å². The van der Waals surface area contributed by atoms with Crippen molar-refractivity contribution in [1.29, 1.82) is 0 Å². The summed E-state index contributed by atoms with van der Waals surface area (Å²) in [4.78, 5) is 32.7. The minimum absolute atomic E-state index is 0.0218. The van der Waals surface area contributed by atoms with Gasteiger partial charge in [0.15, 0.2) is 0 Å². The summed E-state index contributed by atoms with van der Waals surface area (Å²) in [5, 5.41) is 0. The molecule has 6 nitrogen and oxygen atoms in total. The standard InChI is InChI=1S/C20H34N4O2/c1-7-21(3)13-15-23(5)19(25)17-9-11-18(12-10-17)20(26)24(6)16-14-22(4)8-2/h9-12H,7-8,13-16H2,1-6H3. The van der Waals surface area contributed by atoms with Gasteiger partial charge in [0.05, 0.1) is 0 Å². The minimum Gasteiger partial charge on any atom is -0.340 e. The maximum atomic E-state index is 12.5. The van der Waals surface area contributed by atoms with Gasteiger partial charge in [-0.25, -0.2) is 0 Å². The van der Waals surface area contributed by atoms with Crippen molar-refractivity contribution < 1.29 is 9.59 Å². The van der Waals surface area contributed by atoms with Crippen LogP contribution in [0.15, 0.2) is 24.3 Å². The second-order valence-corrected chi connectivity index (χ2v) is 6.82. The summed E-state index contributed by atoms with van der Waals surface area (Å²) < 4.78 is 0. The van der Waals surface area contributed by atoms with E-state index in [1.54, 1.807) is 34.1 Å². The predicted octanol–water partition coefficient (Wildman–Crippen LogP) is 1.73. The molecule has 0 saturated heterocycles. The molecule has 0 saturated carbocycles. The molecule has 1 aromatic rings. The third kappa shape index (κ3) is 6.77. The van der Waals surface area contributed by atoms with E-state index in [1.165, 1.54) is 0 Å². The third-order valence-electron chi connectivity index (χ3n) is 4.79. The van der Waals surface area contributed by atoms with Gasteiger partial charge in [0.2, 0.25) is 0 Å². The number of nitrogens with zero attached hydrogens (tertiary/aromatic N) is 4. The molecule has 6 heteroatoms. The molecular formula is C20H34N4O2. The van der Waals surface area contributed by atoms with Crippen LogP contribution in [0.2, 0.25) is 0 Å². The van der Waals surface area contributed by atoms with Crippen molar-refractivity contribution in [2.75, 3.05) is 67.5 Å². The lowest BCUT2D eigenvalue weighted by Gasteiger charge is -2.22. The quantitative estimate of drug-likeness (QED) is 0.636. The molecule has 0 unspecified atom stereocenters. The molecule has 0 aliphatic heterocycles. The van der Waals surface area contributed by atoms with Gasteiger partial charge in [-0.1, -0.05) is 13.8 Å². The van der Waals surface area contributed by atoms with Gasteiger partial charge in [0.25, 0.3) is 11.8 Å². The van der Waals surface area contributed by atoms with Crippen LogP contribution in [-0.4, -0.2) is 98.9 Å². The van der Waals surface area contributed by atoms with Gasteiger partial charge in [0.1, 0.15) is 0 Å². The van der Waals surface area contributed by atoms with Crippen LogP contribution in [0.1, 0.15) is 34.6 Å². The molecule has 0 spiro atoms. The fourth-order valence-electron chi connectivity index (χ4n) is 2.36. The van der Waals surface area contributed by atoms with Gasteiger partial charge in [0, 0.05) is 51.4 Å². The molecule has 26 heavy (non-hydrogen) atoms. The SMILES string of the molecule is CCN(C)CCN(C)C(=O)c1ccc(C(=O)N(C)CCN(C)CC)cc1. The maximum absolute atomic E-state index is 12.5. The Bertz CT molecular complexity index is 523. The molecule has 2 amide bonds. The lowest BCUT2D eigenvalue weighted by atomic mass is 10.1. The number of likely N-dealkylation sites (N-methyl/N-ethyl adjacent to an activating group) is 4. The predicted molar refractivity (Wildman–Crippen MR) is 107 cm³/mol. The summed E-state index contributed by atoms with van der Waals surface area (Å²) >= 11 is 0. The molecule has 0 aliphatic carbocycles. The number of hydrogen-bond donors (Lipinski definition) is 0. The van der Waals surface area contributed by atoms with Crippen molar-refractivity contribution in [2.45, 2.75) is 13.8 Å². The monoisotopic (exact) mass is 362 g/mol. The molecule has 0 atom stereocenters. The fraction of sp³-hybridized carbons (Fsp3) is 0.600. The van der Waals surface area contributed by atoms with Crippen molar-refractivity contribution in [3.8, 4) is 0 Å². The molecular weight excluding hydrogens is 328 g/mol. The van der Waals surface area contributed by atoms with Gasteiger partial charge in [-0.3, -0.25) is 9.59 Å². The zero-order valence-electron chi connectivity index (χ0n) is 17.2. The van der Waals surface area contributed by atoms with Crippen molar-refractivity contribution in [1.82, 2.24) is 19.6 Å². The Balaban J connectivity index is 2.63. The number of amides is 2. The average Bonchev–Trinajstić information content (AvgIpc) is 2.68. The molecule has 1 aromatic carbocycles. The molecule has 0 bridgehead atoms. The Kier molecular flexibility index (Phi) is 9.30. The van der Waals surface area contributed by atoms with E-state index in [0.717, 1.165) is 26.2 Å². The number of hydrogen-bond acceptors (Lipinski definition) is 4. The molecule has 0 aliphatic rings. The van der Waals surface area contributed by atoms with Crippen LogP contribution in [0.4, 0.5) is 0 Å². The third-order valence-corrected chi connectivity index (χ3v) is 4.79. The fourth-order valence-corrected chi connectivity index (χ4v) is 2.36. The van der Waals surface area contributed by atoms with Crippen LogP contribution in [-0.2, 0) is 0 Å². The van der Waals surface area contributed by atoms with Crippen LogP contribution < -0.4 is 0 Å². The van der Waals surface area contributed by atoms with Crippen LogP contribution in [0, 0.1) is 0 Å². The van der Waals surface area contributed by atoms with Crippen LogP contribution in [0.25, 0.3) is 0 Å². The number of carbonyl (C=O) groups excluding carboxylic acids is 2. The molecule has 0 heterocycles. The number of rotatable bonds is 10. The van der Waals surface area contributed by atoms with E-state index in [0.29, 0.717) is 24.2 Å². The molecule has 1 rings (SSSR count). The van der Waals surface area contributed by atoms with E-state index in [2.05, 4.69) is 23.6 Å². The lowest BCUT2D eigenvalue weighted by molar-refractivity contribution is 0.0772. The van der Waals surface area contributed by atoms with Gasteiger partial charge >= 0.3 is 0 Å². The minimum atomic E-state index is -0.0218. The van der Waals surface area contributed by atoms with E-state index in [4.69, 9.17) is 0 Å². The Hall–Kier alpha value is -1.92. The Morgan fingerprint density at radius 1 is 0.654 bits per heavy atom. The van der Waals surface area contributed by atoms with Crippen molar-refractivity contribution >= 4 is 11.8 Å². The second-order valence-electron chi connectivity index (χ2n) is 6.82. The van der Waals surface area contributed by atoms with Crippen LogP contribution in [0.5, 0.6) is 0 Å². The van der Waals surface area contributed by atoms with E-state index in [-0.39, 0.29) is 11.8 Å². The molecule has 146 valence electrons. The van der Waals surface area contributed by atoms with E-state index in [9.17, 15) is 9.59 Å². The summed E-state index contributed by atoms with van der Waals surface area (Å²) in [6.07, 6.45) is 0. The largest absolute Gasteiger partial charge is 0.340 e. The molecule has 0 N–H and O–H groups in total. The first-order valence-electron chi connectivity index (χ1n) is 9.28. The Morgan fingerprint density at radius 3 is 1.23 bits per heavy atom. The smallest absolute Gasteiger partial charge is 0.253 e.